The maximum absolute atomic E-state index is 10.1. The lowest BCUT2D eigenvalue weighted by Gasteiger charge is -2.15. The molecule has 7 heteroatoms. The molecule has 0 saturated carbocycles. The van der Waals surface area contributed by atoms with E-state index in [2.05, 4.69) is 15.6 Å². The highest BCUT2D eigenvalue weighted by Gasteiger charge is 2.06. The minimum atomic E-state index is -0.616. The Labute approximate surface area is 184 Å². The van der Waals surface area contributed by atoms with Gasteiger partial charge in [-0.25, -0.2) is 4.99 Å². The zero-order valence-corrected chi connectivity index (χ0v) is 18.8. The van der Waals surface area contributed by atoms with E-state index in [0.717, 1.165) is 23.4 Å². The van der Waals surface area contributed by atoms with Gasteiger partial charge >= 0.3 is 0 Å². The number of benzene rings is 2. The van der Waals surface area contributed by atoms with Crippen LogP contribution in [-0.4, -0.2) is 44.0 Å². The van der Waals surface area contributed by atoms with Crippen LogP contribution in [0, 0.1) is 0 Å². The first kappa shape index (κ1) is 24.2. The summed E-state index contributed by atoms with van der Waals surface area (Å²) in [5.41, 5.74) is 2.14. The Bertz CT molecular complexity index is 698. The lowest BCUT2D eigenvalue weighted by Crippen LogP contribution is -2.42. The van der Waals surface area contributed by atoms with Crippen LogP contribution in [-0.2, 0) is 17.9 Å². The third-order valence-corrected chi connectivity index (χ3v) is 3.83. The molecule has 2 aromatic rings. The number of guanidine groups is 1. The molecule has 2 aromatic carbocycles. The van der Waals surface area contributed by atoms with Gasteiger partial charge in [0, 0.05) is 13.1 Å². The zero-order valence-electron chi connectivity index (χ0n) is 16.4. The Morgan fingerprint density at radius 1 is 1.07 bits per heavy atom. The van der Waals surface area contributed by atoms with Crippen molar-refractivity contribution >= 4 is 29.9 Å². The number of nitrogens with zero attached hydrogens (tertiary/aromatic N) is 1. The van der Waals surface area contributed by atoms with Gasteiger partial charge in [-0.15, -0.1) is 24.0 Å². The first-order valence-electron chi connectivity index (χ1n) is 9.16. The molecule has 154 valence electrons. The molecule has 6 nitrogen and oxygen atoms in total. The van der Waals surface area contributed by atoms with Crippen LogP contribution in [0.1, 0.15) is 18.1 Å². The molecule has 0 saturated heterocycles. The van der Waals surface area contributed by atoms with Crippen molar-refractivity contribution in [2.45, 2.75) is 26.2 Å². The molecule has 1 unspecified atom stereocenters. The van der Waals surface area contributed by atoms with Gasteiger partial charge in [0.25, 0.3) is 0 Å². The molecule has 0 radical (unpaired) electrons. The second kappa shape index (κ2) is 14.2. The Morgan fingerprint density at radius 2 is 1.82 bits per heavy atom. The van der Waals surface area contributed by atoms with Gasteiger partial charge in [0.15, 0.2) is 5.96 Å². The van der Waals surface area contributed by atoms with Crippen molar-refractivity contribution in [3.05, 3.63) is 65.7 Å². The van der Waals surface area contributed by atoms with E-state index in [1.807, 2.05) is 61.5 Å². The van der Waals surface area contributed by atoms with Gasteiger partial charge in [0.05, 0.1) is 33.0 Å². The SMILES string of the molecule is CCNC(=NCc1cccc(OC)c1)NCC(O)COCc1ccccc1.I. The molecular weight excluding hydrogens is 469 g/mol. The molecule has 0 aliphatic heterocycles. The standard InChI is InChI=1S/C21H29N3O3.HI/c1-3-22-21(23-13-18-10-7-11-20(12-18)26-2)24-14-19(25)16-27-15-17-8-5-4-6-9-17;/h4-12,19,25H,3,13-16H2,1-2H3,(H2,22,23,24);1H. The summed E-state index contributed by atoms with van der Waals surface area (Å²) in [5.74, 6) is 1.47. The molecule has 0 bridgehead atoms. The smallest absolute Gasteiger partial charge is 0.191 e. The molecule has 1 atom stereocenters. The van der Waals surface area contributed by atoms with E-state index in [0.29, 0.717) is 25.7 Å². The Morgan fingerprint density at radius 3 is 2.54 bits per heavy atom. The van der Waals surface area contributed by atoms with Gasteiger partial charge in [0.2, 0.25) is 0 Å². The van der Waals surface area contributed by atoms with Crippen LogP contribution >= 0.6 is 24.0 Å². The van der Waals surface area contributed by atoms with Gasteiger partial charge < -0.3 is 25.2 Å². The molecule has 0 fully saturated rings. The van der Waals surface area contributed by atoms with Crippen molar-refractivity contribution in [3.8, 4) is 5.75 Å². The number of hydrogen-bond donors (Lipinski definition) is 3. The second-order valence-electron chi connectivity index (χ2n) is 6.08. The maximum atomic E-state index is 10.1. The van der Waals surface area contributed by atoms with E-state index in [-0.39, 0.29) is 30.6 Å². The maximum Gasteiger partial charge on any atom is 0.191 e. The van der Waals surface area contributed by atoms with Gasteiger partial charge in [-0.2, -0.15) is 0 Å². The van der Waals surface area contributed by atoms with Crippen molar-refractivity contribution in [3.63, 3.8) is 0 Å². The fourth-order valence-electron chi connectivity index (χ4n) is 2.44. The largest absolute Gasteiger partial charge is 0.497 e. The number of halogens is 1. The zero-order chi connectivity index (χ0) is 19.3. The fraction of sp³-hybridized carbons (Fsp3) is 0.381. The van der Waals surface area contributed by atoms with E-state index in [4.69, 9.17) is 9.47 Å². The van der Waals surface area contributed by atoms with Crippen LogP contribution in [0.3, 0.4) is 0 Å². The van der Waals surface area contributed by atoms with Crippen LogP contribution in [0.4, 0.5) is 0 Å². The van der Waals surface area contributed by atoms with Gasteiger partial charge in [0.1, 0.15) is 5.75 Å². The average molecular weight is 499 g/mol. The summed E-state index contributed by atoms with van der Waals surface area (Å²) >= 11 is 0. The molecule has 0 amide bonds. The van der Waals surface area contributed by atoms with Crippen LogP contribution in [0.15, 0.2) is 59.6 Å². The molecule has 0 aliphatic carbocycles. The molecule has 3 N–H and O–H groups in total. The summed E-state index contributed by atoms with van der Waals surface area (Å²) < 4.78 is 10.8. The minimum Gasteiger partial charge on any atom is -0.497 e. The van der Waals surface area contributed by atoms with E-state index in [9.17, 15) is 5.11 Å². The number of aliphatic hydroxyl groups is 1. The number of rotatable bonds is 10. The molecule has 0 heterocycles. The summed E-state index contributed by atoms with van der Waals surface area (Å²) in [4.78, 5) is 4.55. The highest BCUT2D eigenvalue weighted by atomic mass is 127. The van der Waals surface area contributed by atoms with Crippen LogP contribution < -0.4 is 15.4 Å². The normalized spacial score (nSPS) is 12.0. The Balaban J connectivity index is 0.00000392. The van der Waals surface area contributed by atoms with Crippen LogP contribution in [0.25, 0.3) is 0 Å². The van der Waals surface area contributed by atoms with Gasteiger partial charge in [-0.05, 0) is 30.2 Å². The summed E-state index contributed by atoms with van der Waals surface area (Å²) in [6.07, 6.45) is -0.616. The Hall–Kier alpha value is -1.84. The van der Waals surface area contributed by atoms with Crippen molar-refractivity contribution < 1.29 is 14.6 Å². The lowest BCUT2D eigenvalue weighted by molar-refractivity contribution is 0.0308. The summed E-state index contributed by atoms with van der Waals surface area (Å²) in [6.45, 7) is 4.37. The third kappa shape index (κ3) is 9.38. The predicted molar refractivity (Wildman–Crippen MR) is 123 cm³/mol. The molecule has 28 heavy (non-hydrogen) atoms. The summed E-state index contributed by atoms with van der Waals surface area (Å²) in [7, 11) is 1.65. The Kier molecular flexibility index (Phi) is 12.3. The monoisotopic (exact) mass is 499 g/mol. The number of methoxy groups -OCH3 is 1. The molecular formula is C21H30IN3O3. The quantitative estimate of drug-likeness (QED) is 0.266. The first-order valence-corrected chi connectivity index (χ1v) is 9.16. The first-order chi connectivity index (χ1) is 13.2. The average Bonchev–Trinajstić information content (AvgIpc) is 2.71. The van der Waals surface area contributed by atoms with Crippen molar-refractivity contribution in [2.24, 2.45) is 4.99 Å². The molecule has 0 aliphatic rings. The molecule has 0 aromatic heterocycles. The minimum absolute atomic E-state index is 0. The van der Waals surface area contributed by atoms with Crippen molar-refractivity contribution in [1.29, 1.82) is 0 Å². The number of aliphatic hydroxyl groups excluding tert-OH is 1. The molecule has 0 spiro atoms. The van der Waals surface area contributed by atoms with Crippen LogP contribution in [0.5, 0.6) is 5.75 Å². The second-order valence-corrected chi connectivity index (χ2v) is 6.08. The van der Waals surface area contributed by atoms with E-state index >= 15 is 0 Å². The van der Waals surface area contributed by atoms with E-state index < -0.39 is 6.10 Å². The topological polar surface area (TPSA) is 75.1 Å². The number of ether oxygens (including phenoxy) is 2. The summed E-state index contributed by atoms with van der Waals surface area (Å²) in [5, 5.41) is 16.4. The van der Waals surface area contributed by atoms with Crippen molar-refractivity contribution in [1.82, 2.24) is 10.6 Å². The van der Waals surface area contributed by atoms with Crippen molar-refractivity contribution in [2.75, 3.05) is 26.8 Å². The summed E-state index contributed by atoms with van der Waals surface area (Å²) in [6, 6.07) is 17.7. The highest BCUT2D eigenvalue weighted by molar-refractivity contribution is 14.0. The predicted octanol–water partition coefficient (Wildman–Crippen LogP) is 2.95. The fourth-order valence-corrected chi connectivity index (χ4v) is 2.44. The van der Waals surface area contributed by atoms with E-state index in [1.165, 1.54) is 0 Å². The molecule has 2 rings (SSSR count). The lowest BCUT2D eigenvalue weighted by atomic mass is 10.2. The van der Waals surface area contributed by atoms with Crippen LogP contribution in [0.2, 0.25) is 0 Å². The number of nitrogens with one attached hydrogen (secondary N) is 2. The van der Waals surface area contributed by atoms with Gasteiger partial charge in [-0.3, -0.25) is 0 Å². The third-order valence-electron chi connectivity index (χ3n) is 3.83. The number of hydrogen-bond acceptors (Lipinski definition) is 4. The number of aliphatic imine (C=N–C) groups is 1. The highest BCUT2D eigenvalue weighted by Crippen LogP contribution is 2.13. The van der Waals surface area contributed by atoms with E-state index in [1.54, 1.807) is 7.11 Å². The van der Waals surface area contributed by atoms with Gasteiger partial charge in [-0.1, -0.05) is 42.5 Å².